The number of piperazine rings is 1. The van der Waals surface area contributed by atoms with E-state index in [0.717, 1.165) is 76.5 Å². The first-order valence-corrected chi connectivity index (χ1v) is 13.0. The summed E-state index contributed by atoms with van der Waals surface area (Å²) in [6.45, 7) is 11.2. The number of piperidine rings is 1. The van der Waals surface area contributed by atoms with E-state index in [-0.39, 0.29) is 5.69 Å². The van der Waals surface area contributed by atoms with Crippen LogP contribution in [0.1, 0.15) is 36.9 Å². The van der Waals surface area contributed by atoms with Gasteiger partial charge in [-0.2, -0.15) is 0 Å². The number of hydrogen-bond acceptors (Lipinski definition) is 7. The van der Waals surface area contributed by atoms with Crippen molar-refractivity contribution in [2.24, 2.45) is 0 Å². The Balaban J connectivity index is 1.13. The highest BCUT2D eigenvalue weighted by Crippen LogP contribution is 2.22. The zero-order valence-electron chi connectivity index (χ0n) is 20.8. The first-order valence-electron chi connectivity index (χ1n) is 12.6. The predicted molar refractivity (Wildman–Crippen MR) is 146 cm³/mol. The van der Waals surface area contributed by atoms with Crippen LogP contribution in [0.2, 0.25) is 0 Å². The molecule has 1 aromatic heterocycles. The van der Waals surface area contributed by atoms with Gasteiger partial charge in [-0.1, -0.05) is 29.9 Å². The standard InChI is InChI=1S/C26H36N6O2S/c1-20-5-7-23(8-6-20)30-18-16-29(17-19-30)13-3-4-26(35)31-14-11-22(12-15-31)28-25-10-9-24(32(33)34)21(2)27-25/h5-10,22H,3-4,11-19H2,1-2H3,(H,27,28). The van der Waals surface area contributed by atoms with Gasteiger partial charge < -0.3 is 15.1 Å². The summed E-state index contributed by atoms with van der Waals surface area (Å²) in [5, 5.41) is 14.4. The fourth-order valence-electron chi connectivity index (χ4n) is 4.91. The van der Waals surface area contributed by atoms with Crippen molar-refractivity contribution >= 4 is 34.4 Å². The van der Waals surface area contributed by atoms with Gasteiger partial charge in [0, 0.05) is 57.1 Å². The van der Waals surface area contributed by atoms with Crippen molar-refractivity contribution in [3.05, 3.63) is 57.8 Å². The second-order valence-electron chi connectivity index (χ2n) is 9.63. The molecule has 188 valence electrons. The second-order valence-corrected chi connectivity index (χ2v) is 10.1. The lowest BCUT2D eigenvalue weighted by Gasteiger charge is -2.37. The molecule has 1 aromatic carbocycles. The van der Waals surface area contributed by atoms with E-state index in [1.165, 1.54) is 17.3 Å². The van der Waals surface area contributed by atoms with Gasteiger partial charge in [0.15, 0.2) is 0 Å². The molecule has 0 saturated carbocycles. The number of pyridine rings is 1. The maximum absolute atomic E-state index is 11.0. The lowest BCUT2D eigenvalue weighted by atomic mass is 10.0. The van der Waals surface area contributed by atoms with Gasteiger partial charge in [0.1, 0.15) is 11.5 Å². The van der Waals surface area contributed by atoms with Crippen molar-refractivity contribution < 1.29 is 4.92 Å². The number of anilines is 2. The largest absolute Gasteiger partial charge is 0.369 e. The third-order valence-electron chi connectivity index (χ3n) is 7.09. The predicted octanol–water partition coefficient (Wildman–Crippen LogP) is 4.41. The van der Waals surface area contributed by atoms with Crippen LogP contribution in [0, 0.1) is 24.0 Å². The van der Waals surface area contributed by atoms with Crippen molar-refractivity contribution in [3.63, 3.8) is 0 Å². The molecule has 0 amide bonds. The molecule has 0 unspecified atom stereocenters. The van der Waals surface area contributed by atoms with Gasteiger partial charge in [-0.3, -0.25) is 15.0 Å². The number of hydrogen-bond donors (Lipinski definition) is 1. The molecule has 35 heavy (non-hydrogen) atoms. The Morgan fingerprint density at radius 3 is 2.37 bits per heavy atom. The number of likely N-dealkylation sites (tertiary alicyclic amines) is 1. The van der Waals surface area contributed by atoms with E-state index >= 15 is 0 Å². The third-order valence-corrected chi connectivity index (χ3v) is 7.55. The Hall–Kier alpha value is -2.78. The Morgan fingerprint density at radius 1 is 1.06 bits per heavy atom. The summed E-state index contributed by atoms with van der Waals surface area (Å²) < 4.78 is 0. The molecule has 9 heteroatoms. The molecule has 1 N–H and O–H groups in total. The molecule has 0 bridgehead atoms. The number of rotatable bonds is 8. The van der Waals surface area contributed by atoms with E-state index in [4.69, 9.17) is 12.2 Å². The maximum Gasteiger partial charge on any atom is 0.290 e. The fraction of sp³-hybridized carbons (Fsp3) is 0.538. The lowest BCUT2D eigenvalue weighted by Crippen LogP contribution is -2.47. The minimum absolute atomic E-state index is 0.0591. The highest BCUT2D eigenvalue weighted by atomic mass is 32.1. The first-order chi connectivity index (χ1) is 16.9. The van der Waals surface area contributed by atoms with Gasteiger partial charge in [0.2, 0.25) is 0 Å². The van der Waals surface area contributed by atoms with Crippen molar-refractivity contribution in [1.29, 1.82) is 0 Å². The van der Waals surface area contributed by atoms with Crippen molar-refractivity contribution in [1.82, 2.24) is 14.8 Å². The van der Waals surface area contributed by atoms with E-state index in [1.54, 1.807) is 13.0 Å². The Morgan fingerprint density at radius 2 is 1.74 bits per heavy atom. The van der Waals surface area contributed by atoms with Gasteiger partial charge in [0.05, 0.1) is 9.91 Å². The molecule has 8 nitrogen and oxygen atoms in total. The smallest absolute Gasteiger partial charge is 0.290 e. The van der Waals surface area contributed by atoms with Crippen LogP contribution in [0.4, 0.5) is 17.2 Å². The van der Waals surface area contributed by atoms with E-state index in [9.17, 15) is 10.1 Å². The average molecular weight is 497 g/mol. The van der Waals surface area contributed by atoms with Crippen LogP contribution in [-0.4, -0.2) is 76.6 Å². The monoisotopic (exact) mass is 496 g/mol. The molecule has 3 heterocycles. The van der Waals surface area contributed by atoms with Crippen LogP contribution in [0.5, 0.6) is 0 Å². The number of thiocarbonyl (C=S) groups is 1. The number of benzene rings is 1. The molecule has 0 spiro atoms. The summed E-state index contributed by atoms with van der Waals surface area (Å²) in [5.41, 5.74) is 3.13. The van der Waals surface area contributed by atoms with Crippen molar-refractivity contribution in [2.45, 2.75) is 45.6 Å². The highest BCUT2D eigenvalue weighted by molar-refractivity contribution is 7.80. The highest BCUT2D eigenvalue weighted by Gasteiger charge is 2.22. The van der Waals surface area contributed by atoms with Crippen molar-refractivity contribution in [2.75, 3.05) is 56.0 Å². The van der Waals surface area contributed by atoms with Crippen LogP contribution >= 0.6 is 12.2 Å². The maximum atomic E-state index is 11.0. The average Bonchev–Trinajstić information content (AvgIpc) is 2.85. The first kappa shape index (κ1) is 25.3. The zero-order valence-corrected chi connectivity index (χ0v) is 21.6. The summed E-state index contributed by atoms with van der Waals surface area (Å²) in [7, 11) is 0. The molecule has 2 fully saturated rings. The topological polar surface area (TPSA) is 77.8 Å². The normalized spacial score (nSPS) is 17.4. The second kappa shape index (κ2) is 11.8. The van der Waals surface area contributed by atoms with Crippen LogP contribution in [0.15, 0.2) is 36.4 Å². The van der Waals surface area contributed by atoms with Gasteiger partial charge in [-0.15, -0.1) is 0 Å². The third kappa shape index (κ3) is 6.89. The number of nitro groups is 1. The molecule has 0 aliphatic carbocycles. The van der Waals surface area contributed by atoms with E-state index in [0.29, 0.717) is 17.6 Å². The number of aryl methyl sites for hydroxylation is 2. The summed E-state index contributed by atoms with van der Waals surface area (Å²) in [6.07, 6.45) is 4.04. The molecule has 2 aromatic rings. The Bertz CT molecular complexity index is 1020. The molecule has 2 aliphatic rings. The van der Waals surface area contributed by atoms with Gasteiger partial charge in [0.25, 0.3) is 5.69 Å². The molecular formula is C26H36N6O2S. The summed E-state index contributed by atoms with van der Waals surface area (Å²) >= 11 is 5.76. The van der Waals surface area contributed by atoms with Gasteiger partial charge in [-0.05, 0) is 64.3 Å². The van der Waals surface area contributed by atoms with Gasteiger partial charge in [-0.25, -0.2) is 4.98 Å². The van der Waals surface area contributed by atoms with E-state index in [2.05, 4.69) is 56.2 Å². The molecule has 4 rings (SSSR count). The molecule has 0 radical (unpaired) electrons. The Labute approximate surface area is 213 Å². The van der Waals surface area contributed by atoms with E-state index in [1.807, 2.05) is 0 Å². The quantitative estimate of drug-likeness (QED) is 0.327. The Kier molecular flexibility index (Phi) is 8.51. The van der Waals surface area contributed by atoms with Crippen LogP contribution in [0.3, 0.4) is 0 Å². The molecule has 0 atom stereocenters. The lowest BCUT2D eigenvalue weighted by molar-refractivity contribution is -0.385. The number of nitrogens with one attached hydrogen (secondary N) is 1. The van der Waals surface area contributed by atoms with Crippen LogP contribution in [-0.2, 0) is 0 Å². The fourth-order valence-corrected chi connectivity index (χ4v) is 5.23. The summed E-state index contributed by atoms with van der Waals surface area (Å²) in [5.74, 6) is 0.705. The zero-order chi connectivity index (χ0) is 24.8. The minimum atomic E-state index is -0.392. The summed E-state index contributed by atoms with van der Waals surface area (Å²) in [6, 6.07) is 12.4. The minimum Gasteiger partial charge on any atom is -0.369 e. The molecular weight excluding hydrogens is 460 g/mol. The van der Waals surface area contributed by atoms with E-state index < -0.39 is 4.92 Å². The number of nitrogens with zero attached hydrogens (tertiary/aromatic N) is 5. The number of aromatic nitrogens is 1. The molecule has 2 saturated heterocycles. The summed E-state index contributed by atoms with van der Waals surface area (Å²) in [4.78, 5) is 23.4. The molecule has 2 aliphatic heterocycles. The van der Waals surface area contributed by atoms with Gasteiger partial charge >= 0.3 is 0 Å². The van der Waals surface area contributed by atoms with Crippen molar-refractivity contribution in [3.8, 4) is 0 Å². The SMILES string of the molecule is Cc1ccc(N2CCN(CCCC(=S)N3CCC(Nc4ccc([N+](=O)[O-])c(C)n4)CC3)CC2)cc1. The van der Waals surface area contributed by atoms with Crippen LogP contribution < -0.4 is 10.2 Å². The van der Waals surface area contributed by atoms with Crippen LogP contribution in [0.25, 0.3) is 0 Å².